The number of carbonyl (C=O) groups is 1. The highest BCUT2D eigenvalue weighted by Crippen LogP contribution is 2.29. The summed E-state index contributed by atoms with van der Waals surface area (Å²) in [5, 5.41) is 3.24. The van der Waals surface area contributed by atoms with Crippen LogP contribution in [0.2, 0.25) is 0 Å². The van der Waals surface area contributed by atoms with Gasteiger partial charge in [-0.25, -0.2) is 0 Å². The second kappa shape index (κ2) is 5.20. The molecule has 0 bridgehead atoms. The smallest absolute Gasteiger partial charge is 0.225 e. The SMILES string of the molecule is CC1CC(NC(=O)C(C)(C)C)CN(C2CCC2)C1. The van der Waals surface area contributed by atoms with Crippen molar-refractivity contribution in [3.8, 4) is 0 Å². The highest BCUT2D eigenvalue weighted by atomic mass is 16.2. The van der Waals surface area contributed by atoms with E-state index in [1.807, 2.05) is 20.8 Å². The zero-order chi connectivity index (χ0) is 13.3. The van der Waals surface area contributed by atoms with Crippen molar-refractivity contribution < 1.29 is 4.79 Å². The first-order valence-corrected chi connectivity index (χ1v) is 7.41. The van der Waals surface area contributed by atoms with Crippen LogP contribution in [0.15, 0.2) is 0 Å². The predicted octanol–water partition coefficient (Wildman–Crippen LogP) is 2.41. The van der Waals surface area contributed by atoms with Gasteiger partial charge in [0.1, 0.15) is 0 Å². The summed E-state index contributed by atoms with van der Waals surface area (Å²) < 4.78 is 0. The van der Waals surface area contributed by atoms with Crippen LogP contribution in [0.1, 0.15) is 53.4 Å². The summed E-state index contributed by atoms with van der Waals surface area (Å²) in [5.41, 5.74) is -0.276. The Kier molecular flexibility index (Phi) is 4.00. The Morgan fingerprint density at radius 3 is 2.39 bits per heavy atom. The third kappa shape index (κ3) is 3.25. The molecule has 0 spiro atoms. The van der Waals surface area contributed by atoms with Crippen LogP contribution in [0.5, 0.6) is 0 Å². The summed E-state index contributed by atoms with van der Waals surface area (Å²) in [6, 6.07) is 1.14. The van der Waals surface area contributed by atoms with Crippen molar-refractivity contribution in [3.63, 3.8) is 0 Å². The number of piperidine rings is 1. The van der Waals surface area contributed by atoms with Gasteiger partial charge in [0, 0.05) is 30.6 Å². The minimum absolute atomic E-state index is 0.190. The molecule has 0 aromatic rings. The monoisotopic (exact) mass is 252 g/mol. The molecule has 3 nitrogen and oxygen atoms in total. The number of hydrogen-bond acceptors (Lipinski definition) is 2. The third-order valence-corrected chi connectivity index (χ3v) is 4.30. The molecule has 18 heavy (non-hydrogen) atoms. The first-order chi connectivity index (χ1) is 8.36. The second-order valence-electron chi connectivity index (χ2n) is 7.30. The lowest BCUT2D eigenvalue weighted by atomic mass is 9.86. The molecule has 3 heteroatoms. The lowest BCUT2D eigenvalue weighted by Gasteiger charge is -2.45. The highest BCUT2D eigenvalue weighted by Gasteiger charge is 2.34. The average Bonchev–Trinajstić information content (AvgIpc) is 2.11. The van der Waals surface area contributed by atoms with Gasteiger partial charge in [0.05, 0.1) is 0 Å². The third-order valence-electron chi connectivity index (χ3n) is 4.30. The number of hydrogen-bond donors (Lipinski definition) is 1. The Morgan fingerprint density at radius 1 is 1.22 bits per heavy atom. The van der Waals surface area contributed by atoms with E-state index in [1.54, 1.807) is 0 Å². The van der Waals surface area contributed by atoms with Crippen molar-refractivity contribution in [2.75, 3.05) is 13.1 Å². The molecule has 1 saturated heterocycles. The van der Waals surface area contributed by atoms with Gasteiger partial charge in [-0.1, -0.05) is 34.1 Å². The Bertz CT molecular complexity index is 304. The van der Waals surface area contributed by atoms with Crippen LogP contribution in [0, 0.1) is 11.3 Å². The van der Waals surface area contributed by atoms with Gasteiger partial charge in [0.2, 0.25) is 5.91 Å². The van der Waals surface area contributed by atoms with Crippen LogP contribution in [0.3, 0.4) is 0 Å². The Hall–Kier alpha value is -0.570. The van der Waals surface area contributed by atoms with E-state index in [2.05, 4.69) is 17.1 Å². The first kappa shape index (κ1) is 13.9. The van der Waals surface area contributed by atoms with Gasteiger partial charge in [-0.3, -0.25) is 9.69 Å². The van der Waals surface area contributed by atoms with E-state index in [0.29, 0.717) is 12.0 Å². The quantitative estimate of drug-likeness (QED) is 0.818. The molecule has 0 radical (unpaired) electrons. The Labute approximate surface area is 111 Å². The molecular formula is C15H28N2O. The first-order valence-electron chi connectivity index (χ1n) is 7.41. The van der Waals surface area contributed by atoms with Crippen LogP contribution in [0.4, 0.5) is 0 Å². The Morgan fingerprint density at radius 2 is 1.89 bits per heavy atom. The van der Waals surface area contributed by atoms with Crippen LogP contribution in [-0.4, -0.2) is 36.0 Å². The lowest BCUT2D eigenvalue weighted by Crippen LogP contribution is -2.56. The zero-order valence-corrected chi connectivity index (χ0v) is 12.3. The lowest BCUT2D eigenvalue weighted by molar-refractivity contribution is -0.130. The fraction of sp³-hybridized carbons (Fsp3) is 0.933. The van der Waals surface area contributed by atoms with Crippen LogP contribution in [0.25, 0.3) is 0 Å². The van der Waals surface area contributed by atoms with E-state index in [-0.39, 0.29) is 11.3 Å². The normalized spacial score (nSPS) is 30.9. The maximum atomic E-state index is 12.1. The van der Waals surface area contributed by atoms with E-state index in [0.717, 1.165) is 19.0 Å². The van der Waals surface area contributed by atoms with Crippen molar-refractivity contribution in [2.24, 2.45) is 11.3 Å². The summed E-state index contributed by atoms with van der Waals surface area (Å²) in [6.07, 6.45) is 5.22. The molecule has 0 aromatic heterocycles. The summed E-state index contributed by atoms with van der Waals surface area (Å²) in [6.45, 7) is 10.5. The van der Waals surface area contributed by atoms with Crippen LogP contribution < -0.4 is 5.32 Å². The van der Waals surface area contributed by atoms with Crippen molar-refractivity contribution in [3.05, 3.63) is 0 Å². The van der Waals surface area contributed by atoms with Gasteiger partial charge in [-0.15, -0.1) is 0 Å². The standard InChI is InChI=1S/C15H28N2O/c1-11-8-12(16-14(18)15(2,3)4)10-17(9-11)13-6-5-7-13/h11-13H,5-10H2,1-4H3,(H,16,18). The number of nitrogens with zero attached hydrogens (tertiary/aromatic N) is 1. The van der Waals surface area contributed by atoms with Gasteiger partial charge in [-0.05, 0) is 25.2 Å². The molecule has 104 valence electrons. The van der Waals surface area contributed by atoms with E-state index >= 15 is 0 Å². The maximum Gasteiger partial charge on any atom is 0.225 e. The molecular weight excluding hydrogens is 224 g/mol. The Balaban J connectivity index is 1.90. The summed E-state index contributed by atoms with van der Waals surface area (Å²) in [4.78, 5) is 14.7. The molecule has 0 aromatic carbocycles. The molecule has 2 unspecified atom stereocenters. The summed E-state index contributed by atoms with van der Waals surface area (Å²) in [5.74, 6) is 0.889. The highest BCUT2D eigenvalue weighted by molar-refractivity contribution is 5.81. The van der Waals surface area contributed by atoms with Gasteiger partial charge in [0.25, 0.3) is 0 Å². The molecule has 1 N–H and O–H groups in total. The van der Waals surface area contributed by atoms with Crippen molar-refractivity contribution in [2.45, 2.75) is 65.5 Å². The fourth-order valence-electron chi connectivity index (χ4n) is 2.95. The molecule has 1 amide bonds. The van der Waals surface area contributed by atoms with Gasteiger partial charge < -0.3 is 5.32 Å². The van der Waals surface area contributed by atoms with E-state index in [4.69, 9.17) is 0 Å². The largest absolute Gasteiger partial charge is 0.352 e. The van der Waals surface area contributed by atoms with Gasteiger partial charge in [0.15, 0.2) is 0 Å². The second-order valence-corrected chi connectivity index (χ2v) is 7.30. The molecule has 2 rings (SSSR count). The van der Waals surface area contributed by atoms with E-state index in [9.17, 15) is 4.79 Å². The van der Waals surface area contributed by atoms with Crippen molar-refractivity contribution in [1.29, 1.82) is 0 Å². The topological polar surface area (TPSA) is 32.3 Å². The van der Waals surface area contributed by atoms with E-state index < -0.39 is 0 Å². The van der Waals surface area contributed by atoms with E-state index in [1.165, 1.54) is 25.8 Å². The number of nitrogens with one attached hydrogen (secondary N) is 1. The molecule has 2 fully saturated rings. The predicted molar refractivity (Wildman–Crippen MR) is 74.4 cm³/mol. The van der Waals surface area contributed by atoms with Crippen LogP contribution in [-0.2, 0) is 4.79 Å². The zero-order valence-electron chi connectivity index (χ0n) is 12.3. The minimum Gasteiger partial charge on any atom is -0.352 e. The molecule has 2 atom stereocenters. The van der Waals surface area contributed by atoms with Gasteiger partial charge in [-0.2, -0.15) is 0 Å². The number of amides is 1. The number of carbonyl (C=O) groups excluding carboxylic acids is 1. The molecule has 2 aliphatic rings. The molecule has 1 aliphatic heterocycles. The average molecular weight is 252 g/mol. The van der Waals surface area contributed by atoms with Crippen LogP contribution >= 0.6 is 0 Å². The maximum absolute atomic E-state index is 12.1. The number of likely N-dealkylation sites (tertiary alicyclic amines) is 1. The minimum atomic E-state index is -0.276. The van der Waals surface area contributed by atoms with Gasteiger partial charge >= 0.3 is 0 Å². The van der Waals surface area contributed by atoms with Crippen molar-refractivity contribution in [1.82, 2.24) is 10.2 Å². The molecule has 1 aliphatic carbocycles. The molecule has 1 heterocycles. The number of rotatable bonds is 2. The summed E-state index contributed by atoms with van der Waals surface area (Å²) in [7, 11) is 0. The summed E-state index contributed by atoms with van der Waals surface area (Å²) >= 11 is 0. The molecule has 1 saturated carbocycles. The van der Waals surface area contributed by atoms with Crippen molar-refractivity contribution >= 4 is 5.91 Å². The fourth-order valence-corrected chi connectivity index (χ4v) is 2.95.